The number of carbonyl (C=O) groups is 1. The molecule has 0 radical (unpaired) electrons. The van der Waals surface area contributed by atoms with Crippen molar-refractivity contribution in [3.8, 4) is 0 Å². The maximum atomic E-state index is 11.4. The third-order valence-electron chi connectivity index (χ3n) is 4.27. The first-order chi connectivity index (χ1) is 11.5. The van der Waals surface area contributed by atoms with Crippen LogP contribution in [0.15, 0.2) is 36.4 Å². The first-order valence-corrected chi connectivity index (χ1v) is 8.49. The van der Waals surface area contributed by atoms with Crippen LogP contribution < -0.4 is 11.1 Å². The average Bonchev–Trinajstić information content (AvgIpc) is 2.55. The number of anilines is 1. The minimum atomic E-state index is -0.205. The maximum absolute atomic E-state index is 11.4. The Morgan fingerprint density at radius 2 is 2.00 bits per heavy atom. The molecule has 126 valence electrons. The van der Waals surface area contributed by atoms with Crippen LogP contribution in [-0.2, 0) is 11.3 Å². The first-order valence-electron chi connectivity index (χ1n) is 7.74. The molecule has 0 spiro atoms. The number of hydrogen-bond acceptors (Lipinski definition) is 3. The molecule has 24 heavy (non-hydrogen) atoms. The Morgan fingerprint density at radius 3 is 2.67 bits per heavy atom. The summed E-state index contributed by atoms with van der Waals surface area (Å²) in [6.07, 6.45) is 0. The lowest BCUT2D eigenvalue weighted by Crippen LogP contribution is -2.31. The van der Waals surface area contributed by atoms with Gasteiger partial charge in [0.15, 0.2) is 0 Å². The number of amides is 1. The van der Waals surface area contributed by atoms with E-state index in [0.29, 0.717) is 10.0 Å². The summed E-state index contributed by atoms with van der Waals surface area (Å²) in [6, 6.07) is 11.6. The van der Waals surface area contributed by atoms with Crippen LogP contribution in [0.1, 0.15) is 22.6 Å². The molecule has 0 fully saturated rings. The summed E-state index contributed by atoms with van der Waals surface area (Å²) in [4.78, 5) is 13.6. The molecule has 0 aromatic heterocycles. The van der Waals surface area contributed by atoms with Crippen molar-refractivity contribution in [3.63, 3.8) is 0 Å². The number of benzene rings is 2. The van der Waals surface area contributed by atoms with Crippen molar-refractivity contribution in [1.29, 1.82) is 0 Å². The standard InChI is InChI=1S/C18H19Cl2N3O/c1-23-9-15(14-6-12(19)7-17(20)16(14)10-23)11-2-4-13(5-3-11)22-18(24)8-21/h2-7,15H,8-10,21H2,1H3,(H,22,24). The highest BCUT2D eigenvalue weighted by atomic mass is 35.5. The number of nitrogens with one attached hydrogen (secondary N) is 1. The van der Waals surface area contributed by atoms with E-state index in [0.717, 1.165) is 29.9 Å². The first kappa shape index (κ1) is 17.2. The van der Waals surface area contributed by atoms with Gasteiger partial charge in [0.25, 0.3) is 0 Å². The second-order valence-electron chi connectivity index (χ2n) is 6.08. The van der Waals surface area contributed by atoms with E-state index < -0.39 is 0 Å². The maximum Gasteiger partial charge on any atom is 0.238 e. The van der Waals surface area contributed by atoms with Crippen LogP contribution in [0, 0.1) is 0 Å². The zero-order valence-corrected chi connectivity index (χ0v) is 14.9. The van der Waals surface area contributed by atoms with E-state index in [1.54, 1.807) is 6.07 Å². The molecule has 0 saturated heterocycles. The predicted octanol–water partition coefficient (Wildman–Crippen LogP) is 3.47. The summed E-state index contributed by atoms with van der Waals surface area (Å²) in [7, 11) is 2.08. The molecule has 3 rings (SSSR count). The Kier molecular flexibility index (Phi) is 5.11. The molecular formula is C18H19Cl2N3O. The van der Waals surface area contributed by atoms with E-state index in [4.69, 9.17) is 28.9 Å². The zero-order valence-electron chi connectivity index (χ0n) is 13.4. The minimum absolute atomic E-state index is 0.0282. The number of rotatable bonds is 3. The van der Waals surface area contributed by atoms with Crippen LogP contribution in [0.2, 0.25) is 10.0 Å². The Labute approximate surface area is 151 Å². The summed E-state index contributed by atoms with van der Waals surface area (Å²) >= 11 is 12.6. The van der Waals surface area contributed by atoms with Crippen molar-refractivity contribution in [2.24, 2.45) is 5.73 Å². The van der Waals surface area contributed by atoms with Gasteiger partial charge in [-0.3, -0.25) is 4.79 Å². The Hall–Kier alpha value is -1.59. The van der Waals surface area contributed by atoms with Crippen LogP contribution in [0.25, 0.3) is 0 Å². The van der Waals surface area contributed by atoms with E-state index in [1.807, 2.05) is 30.3 Å². The third-order valence-corrected chi connectivity index (χ3v) is 4.83. The SMILES string of the molecule is CN1Cc2c(Cl)cc(Cl)cc2C(c2ccc(NC(=O)CN)cc2)C1. The van der Waals surface area contributed by atoms with E-state index in [9.17, 15) is 4.79 Å². The van der Waals surface area contributed by atoms with Crippen molar-refractivity contribution in [1.82, 2.24) is 4.90 Å². The fourth-order valence-corrected chi connectivity index (χ4v) is 3.71. The topological polar surface area (TPSA) is 58.4 Å². The van der Waals surface area contributed by atoms with Gasteiger partial charge in [0, 0.05) is 34.7 Å². The fourth-order valence-electron chi connectivity index (χ4n) is 3.14. The lowest BCUT2D eigenvalue weighted by molar-refractivity contribution is -0.114. The van der Waals surface area contributed by atoms with E-state index in [-0.39, 0.29) is 18.4 Å². The second-order valence-corrected chi connectivity index (χ2v) is 6.92. The second kappa shape index (κ2) is 7.11. The van der Waals surface area contributed by atoms with Crippen LogP contribution in [0.5, 0.6) is 0 Å². The van der Waals surface area contributed by atoms with Crippen molar-refractivity contribution >= 4 is 34.8 Å². The molecular weight excluding hydrogens is 345 g/mol. The van der Waals surface area contributed by atoms with Gasteiger partial charge >= 0.3 is 0 Å². The molecule has 4 nitrogen and oxygen atoms in total. The highest BCUT2D eigenvalue weighted by molar-refractivity contribution is 6.35. The predicted molar refractivity (Wildman–Crippen MR) is 98.8 cm³/mol. The molecule has 6 heteroatoms. The molecule has 1 unspecified atom stereocenters. The molecule has 1 atom stereocenters. The smallest absolute Gasteiger partial charge is 0.238 e. The van der Waals surface area contributed by atoms with Gasteiger partial charge in [-0.25, -0.2) is 0 Å². The molecule has 2 aromatic rings. The summed E-state index contributed by atoms with van der Waals surface area (Å²) < 4.78 is 0. The summed E-state index contributed by atoms with van der Waals surface area (Å²) in [6.45, 7) is 1.67. The molecule has 2 aromatic carbocycles. The number of fused-ring (bicyclic) bond motifs is 1. The lowest BCUT2D eigenvalue weighted by Gasteiger charge is -2.33. The molecule has 1 amide bonds. The molecule has 3 N–H and O–H groups in total. The van der Waals surface area contributed by atoms with Gasteiger partial charge in [0.2, 0.25) is 5.91 Å². The average molecular weight is 364 g/mol. The van der Waals surface area contributed by atoms with Gasteiger partial charge in [-0.1, -0.05) is 35.3 Å². The normalized spacial score (nSPS) is 17.4. The van der Waals surface area contributed by atoms with Crippen molar-refractivity contribution in [2.75, 3.05) is 25.5 Å². The third kappa shape index (κ3) is 3.57. The number of likely N-dealkylation sites (N-methyl/N-ethyl adjacent to an activating group) is 1. The van der Waals surface area contributed by atoms with E-state index in [2.05, 4.69) is 17.3 Å². The largest absolute Gasteiger partial charge is 0.325 e. The molecule has 1 aliphatic rings. The van der Waals surface area contributed by atoms with Crippen molar-refractivity contribution in [2.45, 2.75) is 12.5 Å². The van der Waals surface area contributed by atoms with Crippen LogP contribution >= 0.6 is 23.2 Å². The van der Waals surface area contributed by atoms with Gasteiger partial charge < -0.3 is 16.0 Å². The van der Waals surface area contributed by atoms with Gasteiger partial charge in [-0.05, 0) is 48.0 Å². The highest BCUT2D eigenvalue weighted by Crippen LogP contribution is 2.38. The summed E-state index contributed by atoms with van der Waals surface area (Å²) in [5.41, 5.74) is 9.51. The number of halogens is 2. The minimum Gasteiger partial charge on any atom is -0.325 e. The molecule has 1 heterocycles. The molecule has 1 aliphatic heterocycles. The molecule has 0 bridgehead atoms. The molecule has 0 saturated carbocycles. The van der Waals surface area contributed by atoms with Crippen LogP contribution in [0.4, 0.5) is 5.69 Å². The number of carbonyl (C=O) groups excluding carboxylic acids is 1. The van der Waals surface area contributed by atoms with Crippen LogP contribution in [-0.4, -0.2) is 30.9 Å². The lowest BCUT2D eigenvalue weighted by atomic mass is 9.84. The highest BCUT2D eigenvalue weighted by Gasteiger charge is 2.27. The fraction of sp³-hybridized carbons (Fsp3) is 0.278. The number of hydrogen-bond donors (Lipinski definition) is 2. The number of nitrogens with zero attached hydrogens (tertiary/aromatic N) is 1. The summed E-state index contributed by atoms with van der Waals surface area (Å²) in [5, 5.41) is 4.11. The van der Waals surface area contributed by atoms with Gasteiger partial charge in [-0.2, -0.15) is 0 Å². The van der Waals surface area contributed by atoms with Gasteiger partial charge in [0.1, 0.15) is 0 Å². The van der Waals surface area contributed by atoms with Crippen molar-refractivity contribution < 1.29 is 4.79 Å². The zero-order chi connectivity index (χ0) is 17.3. The van der Waals surface area contributed by atoms with E-state index >= 15 is 0 Å². The van der Waals surface area contributed by atoms with Crippen molar-refractivity contribution in [3.05, 3.63) is 63.1 Å². The quantitative estimate of drug-likeness (QED) is 0.877. The Morgan fingerprint density at radius 1 is 1.29 bits per heavy atom. The Balaban J connectivity index is 1.94. The van der Waals surface area contributed by atoms with Crippen LogP contribution in [0.3, 0.4) is 0 Å². The monoisotopic (exact) mass is 363 g/mol. The summed E-state index contributed by atoms with van der Waals surface area (Å²) in [5.74, 6) is -0.0155. The van der Waals surface area contributed by atoms with E-state index in [1.165, 1.54) is 5.56 Å². The van der Waals surface area contributed by atoms with Gasteiger partial charge in [0.05, 0.1) is 6.54 Å². The van der Waals surface area contributed by atoms with Gasteiger partial charge in [-0.15, -0.1) is 0 Å². The molecule has 0 aliphatic carbocycles. The number of nitrogens with two attached hydrogens (primary N) is 1. The Bertz CT molecular complexity index is 762.